The molecule has 0 aromatic carbocycles. The van der Waals surface area contributed by atoms with E-state index in [2.05, 4.69) is 0 Å². The van der Waals surface area contributed by atoms with Gasteiger partial charge in [-0.15, -0.1) is 0 Å². The van der Waals surface area contributed by atoms with Gasteiger partial charge in [0, 0.05) is 25.7 Å². The van der Waals surface area contributed by atoms with Crippen molar-refractivity contribution in [2.75, 3.05) is 6.54 Å². The Morgan fingerprint density at radius 3 is 1.40 bits per heavy atom. The molecule has 1 N–H and O–H groups in total. The molecule has 35 heavy (non-hydrogen) atoms. The topological polar surface area (TPSA) is 101 Å². The third kappa shape index (κ3) is 16.4. The van der Waals surface area contributed by atoms with E-state index in [9.17, 15) is 19.2 Å². The quantitative estimate of drug-likeness (QED) is 0.104. The second kappa shape index (κ2) is 18.4. The van der Waals surface area contributed by atoms with E-state index < -0.39 is 11.6 Å². The number of aliphatic carboxylic acids is 1. The highest BCUT2D eigenvalue weighted by atomic mass is 16.6. The lowest BCUT2D eigenvalue weighted by molar-refractivity contribution is -0.162. The third-order valence-corrected chi connectivity index (χ3v) is 6.61. The number of carboxylic acid groups (broad SMARTS) is 1. The Labute approximate surface area is 212 Å². The van der Waals surface area contributed by atoms with Gasteiger partial charge in [0.15, 0.2) is 0 Å². The number of carboxylic acids is 1. The van der Waals surface area contributed by atoms with Crippen LogP contribution in [0.5, 0.6) is 0 Å². The number of hydrogen-bond donors (Lipinski definition) is 1. The maximum absolute atomic E-state index is 12.1. The van der Waals surface area contributed by atoms with E-state index in [1.165, 1.54) is 69.1 Å². The Kier molecular flexibility index (Phi) is 16.3. The average molecular weight is 496 g/mol. The van der Waals surface area contributed by atoms with E-state index >= 15 is 0 Å². The first-order valence-electron chi connectivity index (χ1n) is 14.0. The lowest BCUT2D eigenvalue weighted by atomic mass is 10.0. The fourth-order valence-electron chi connectivity index (χ4n) is 4.59. The van der Waals surface area contributed by atoms with Crippen molar-refractivity contribution >= 4 is 23.8 Å². The van der Waals surface area contributed by atoms with Crippen LogP contribution in [0, 0.1) is 0 Å². The Morgan fingerprint density at radius 2 is 1.03 bits per heavy atom. The van der Waals surface area contributed by atoms with E-state index in [1.807, 2.05) is 0 Å². The molecule has 7 heteroatoms. The van der Waals surface area contributed by atoms with Crippen LogP contribution in [0.1, 0.15) is 142 Å². The Hall–Kier alpha value is -1.92. The van der Waals surface area contributed by atoms with Gasteiger partial charge < -0.3 is 9.84 Å². The molecule has 1 fully saturated rings. The van der Waals surface area contributed by atoms with Crippen LogP contribution in [0.2, 0.25) is 0 Å². The van der Waals surface area contributed by atoms with Gasteiger partial charge in [0.05, 0.1) is 6.54 Å². The number of esters is 1. The van der Waals surface area contributed by atoms with Gasteiger partial charge >= 0.3 is 11.9 Å². The monoisotopic (exact) mass is 495 g/mol. The molecule has 202 valence electrons. The molecule has 0 unspecified atom stereocenters. The number of unbranched alkanes of at least 4 members (excludes halogenated alkanes) is 15. The van der Waals surface area contributed by atoms with Crippen molar-refractivity contribution in [1.29, 1.82) is 0 Å². The number of imide groups is 1. The molecule has 1 aliphatic rings. The molecule has 1 rings (SSSR count). The summed E-state index contributed by atoms with van der Waals surface area (Å²) in [4.78, 5) is 47.3. The van der Waals surface area contributed by atoms with Crippen molar-refractivity contribution in [1.82, 2.24) is 4.90 Å². The molecule has 0 aromatic rings. The van der Waals surface area contributed by atoms with Crippen molar-refractivity contribution in [2.24, 2.45) is 0 Å². The van der Waals surface area contributed by atoms with Crippen LogP contribution in [0.15, 0.2) is 0 Å². The van der Waals surface area contributed by atoms with Gasteiger partial charge in [-0.3, -0.25) is 24.1 Å². The minimum Gasteiger partial charge on any atom is -0.481 e. The van der Waals surface area contributed by atoms with Crippen LogP contribution in [0.4, 0.5) is 0 Å². The summed E-state index contributed by atoms with van der Waals surface area (Å²) in [6, 6.07) is 0. The summed E-state index contributed by atoms with van der Waals surface area (Å²) in [5.74, 6) is -1.31. The molecule has 2 amide bonds. The first-order valence-corrected chi connectivity index (χ1v) is 14.0. The SMILES string of the molecule is CC(C)(CN1C(=O)CCC1=O)OC(=O)CCCCCCCCCCCCCCCCCCC(=O)O. The summed E-state index contributed by atoms with van der Waals surface area (Å²) in [6.07, 6.45) is 20.0. The summed E-state index contributed by atoms with van der Waals surface area (Å²) in [7, 11) is 0. The first kappa shape index (κ1) is 31.1. The average Bonchev–Trinajstić information content (AvgIpc) is 3.09. The van der Waals surface area contributed by atoms with Gasteiger partial charge in [-0.1, -0.05) is 89.9 Å². The summed E-state index contributed by atoms with van der Waals surface area (Å²) in [6.45, 7) is 3.63. The smallest absolute Gasteiger partial charge is 0.306 e. The zero-order chi connectivity index (χ0) is 25.9. The number of amides is 2. The second-order valence-corrected chi connectivity index (χ2v) is 10.7. The molecule has 0 aliphatic carbocycles. The number of carbonyl (C=O) groups excluding carboxylic acids is 3. The molecule has 1 aliphatic heterocycles. The van der Waals surface area contributed by atoms with Gasteiger partial charge in [0.2, 0.25) is 11.8 Å². The standard InChI is InChI=1S/C28H49NO6/c1-28(2,23-29-24(30)21-22-25(29)31)35-27(34)20-18-16-14-12-10-8-6-4-3-5-7-9-11-13-15-17-19-26(32)33/h3-23H2,1-2H3,(H,32,33). The third-order valence-electron chi connectivity index (χ3n) is 6.61. The van der Waals surface area contributed by atoms with Crippen LogP contribution in [-0.2, 0) is 23.9 Å². The zero-order valence-electron chi connectivity index (χ0n) is 22.3. The fraction of sp³-hybridized carbons (Fsp3) is 0.857. The fourth-order valence-corrected chi connectivity index (χ4v) is 4.59. The van der Waals surface area contributed by atoms with Crippen molar-refractivity contribution < 1.29 is 29.0 Å². The van der Waals surface area contributed by atoms with Crippen molar-refractivity contribution in [3.05, 3.63) is 0 Å². The molecular formula is C28H49NO6. The predicted octanol–water partition coefficient (Wildman–Crippen LogP) is 6.56. The summed E-state index contributed by atoms with van der Waals surface area (Å²) < 4.78 is 5.53. The highest BCUT2D eigenvalue weighted by Crippen LogP contribution is 2.20. The van der Waals surface area contributed by atoms with E-state index in [4.69, 9.17) is 9.84 Å². The van der Waals surface area contributed by atoms with Gasteiger partial charge in [-0.05, 0) is 26.7 Å². The van der Waals surface area contributed by atoms with E-state index in [-0.39, 0.29) is 37.2 Å². The number of rotatable bonds is 22. The summed E-state index contributed by atoms with van der Waals surface area (Å²) in [5.41, 5.74) is -0.851. The van der Waals surface area contributed by atoms with Crippen LogP contribution in [0.3, 0.4) is 0 Å². The molecule has 1 saturated heterocycles. The lowest BCUT2D eigenvalue weighted by Crippen LogP contribution is -2.44. The van der Waals surface area contributed by atoms with E-state index in [0.717, 1.165) is 38.5 Å². The van der Waals surface area contributed by atoms with E-state index in [0.29, 0.717) is 12.8 Å². The molecule has 0 atom stereocenters. The number of nitrogens with zero attached hydrogens (tertiary/aromatic N) is 1. The highest BCUT2D eigenvalue weighted by molar-refractivity contribution is 6.02. The minimum absolute atomic E-state index is 0.132. The normalized spacial score (nSPS) is 14.1. The van der Waals surface area contributed by atoms with Crippen molar-refractivity contribution in [3.63, 3.8) is 0 Å². The molecule has 0 bridgehead atoms. The molecule has 1 heterocycles. The van der Waals surface area contributed by atoms with E-state index in [1.54, 1.807) is 13.8 Å². The number of likely N-dealkylation sites (tertiary alicyclic amines) is 1. The molecule has 0 aromatic heterocycles. The van der Waals surface area contributed by atoms with Gasteiger partial charge in [-0.2, -0.15) is 0 Å². The van der Waals surface area contributed by atoms with Crippen LogP contribution >= 0.6 is 0 Å². The first-order chi connectivity index (χ1) is 16.7. The lowest BCUT2D eigenvalue weighted by Gasteiger charge is -2.29. The Balaban J connectivity index is 1.86. The molecular weight excluding hydrogens is 446 g/mol. The molecule has 7 nitrogen and oxygen atoms in total. The number of carbonyl (C=O) groups is 4. The van der Waals surface area contributed by atoms with Crippen molar-refractivity contribution in [3.8, 4) is 0 Å². The van der Waals surface area contributed by atoms with Crippen LogP contribution < -0.4 is 0 Å². The zero-order valence-corrected chi connectivity index (χ0v) is 22.3. The summed E-state index contributed by atoms with van der Waals surface area (Å²) >= 11 is 0. The van der Waals surface area contributed by atoms with Gasteiger partial charge in [0.1, 0.15) is 5.60 Å². The second-order valence-electron chi connectivity index (χ2n) is 10.7. The van der Waals surface area contributed by atoms with Gasteiger partial charge in [0.25, 0.3) is 0 Å². The number of ether oxygens (including phenoxy) is 1. The summed E-state index contributed by atoms with van der Waals surface area (Å²) in [5, 5.41) is 8.60. The molecule has 0 saturated carbocycles. The van der Waals surface area contributed by atoms with Crippen molar-refractivity contribution in [2.45, 2.75) is 148 Å². The number of hydrogen-bond acceptors (Lipinski definition) is 5. The molecule has 0 spiro atoms. The maximum Gasteiger partial charge on any atom is 0.306 e. The highest BCUT2D eigenvalue weighted by Gasteiger charge is 2.35. The van der Waals surface area contributed by atoms with Gasteiger partial charge in [-0.25, -0.2) is 0 Å². The Morgan fingerprint density at radius 1 is 0.686 bits per heavy atom. The molecule has 0 radical (unpaired) electrons. The predicted molar refractivity (Wildman–Crippen MR) is 137 cm³/mol. The minimum atomic E-state index is -0.851. The Bertz CT molecular complexity index is 629. The van der Waals surface area contributed by atoms with Crippen LogP contribution in [-0.4, -0.2) is 45.9 Å². The largest absolute Gasteiger partial charge is 0.481 e. The van der Waals surface area contributed by atoms with Crippen LogP contribution in [0.25, 0.3) is 0 Å². The maximum atomic E-state index is 12.1.